The number of likely N-dealkylation sites (N-methyl/N-ethyl adjacent to an activating group) is 1. The van der Waals surface area contributed by atoms with Gasteiger partial charge in [-0.25, -0.2) is 0 Å². The Bertz CT molecular complexity index is 279. The lowest BCUT2D eigenvalue weighted by Crippen LogP contribution is -2.57. The fourth-order valence-electron chi connectivity index (χ4n) is 4.14. The van der Waals surface area contributed by atoms with Crippen LogP contribution in [0.15, 0.2) is 0 Å². The number of ether oxygens (including phenoxy) is 1. The molecule has 0 saturated carbocycles. The van der Waals surface area contributed by atoms with Crippen LogP contribution in [0, 0.1) is 0 Å². The van der Waals surface area contributed by atoms with E-state index >= 15 is 0 Å². The number of rotatable bonds is 7. The predicted molar refractivity (Wildman–Crippen MR) is 89.8 cm³/mol. The minimum Gasteiger partial charge on any atom is -0.378 e. The molecule has 124 valence electrons. The number of hydrogen-bond acceptors (Lipinski definition) is 3. The van der Waals surface area contributed by atoms with Crippen LogP contribution >= 0.6 is 0 Å². The van der Waals surface area contributed by atoms with Crippen LogP contribution in [0.5, 0.6) is 0 Å². The molecule has 0 aromatic rings. The average molecular weight is 296 g/mol. The van der Waals surface area contributed by atoms with Crippen molar-refractivity contribution in [2.24, 2.45) is 0 Å². The molecule has 2 fully saturated rings. The van der Waals surface area contributed by atoms with Crippen LogP contribution in [-0.2, 0) is 4.74 Å². The molecular weight excluding hydrogens is 260 g/mol. The molecule has 0 aliphatic carbocycles. The van der Waals surface area contributed by atoms with E-state index in [2.05, 4.69) is 31.1 Å². The molecule has 0 bridgehead atoms. The zero-order chi connectivity index (χ0) is 15.1. The second kappa shape index (κ2) is 8.50. The van der Waals surface area contributed by atoms with E-state index in [-0.39, 0.29) is 5.54 Å². The highest BCUT2D eigenvalue weighted by atomic mass is 16.5. The quantitative estimate of drug-likeness (QED) is 0.777. The molecule has 2 aliphatic rings. The zero-order valence-electron chi connectivity index (χ0n) is 14.5. The van der Waals surface area contributed by atoms with Gasteiger partial charge >= 0.3 is 0 Å². The third-order valence-corrected chi connectivity index (χ3v) is 5.67. The number of likely N-dealkylation sites (tertiary alicyclic amines) is 1. The summed E-state index contributed by atoms with van der Waals surface area (Å²) in [6.07, 6.45) is 12.4. The Kier molecular flexibility index (Phi) is 6.97. The summed E-state index contributed by atoms with van der Waals surface area (Å²) in [5.41, 5.74) is 0.260. The maximum Gasteiger partial charge on any atom is 0.0576 e. The maximum absolute atomic E-state index is 5.76. The highest BCUT2D eigenvalue weighted by molar-refractivity contribution is 4.93. The Morgan fingerprint density at radius 2 is 1.86 bits per heavy atom. The van der Waals surface area contributed by atoms with Crippen LogP contribution in [0.4, 0.5) is 0 Å². The minimum absolute atomic E-state index is 0.260. The molecule has 2 heterocycles. The summed E-state index contributed by atoms with van der Waals surface area (Å²) >= 11 is 0. The van der Waals surface area contributed by atoms with E-state index < -0.39 is 0 Å². The summed E-state index contributed by atoms with van der Waals surface area (Å²) in [5.74, 6) is 0. The molecule has 21 heavy (non-hydrogen) atoms. The van der Waals surface area contributed by atoms with Crippen LogP contribution in [-0.4, -0.2) is 49.3 Å². The van der Waals surface area contributed by atoms with Gasteiger partial charge in [-0.1, -0.05) is 12.8 Å². The molecule has 3 heteroatoms. The Morgan fingerprint density at radius 3 is 2.43 bits per heavy atom. The highest BCUT2D eigenvalue weighted by Crippen LogP contribution is 2.27. The second-order valence-electron chi connectivity index (χ2n) is 7.46. The van der Waals surface area contributed by atoms with E-state index in [4.69, 9.17) is 4.74 Å². The third-order valence-electron chi connectivity index (χ3n) is 5.67. The van der Waals surface area contributed by atoms with Gasteiger partial charge in [-0.3, -0.25) is 4.90 Å². The molecule has 0 aromatic carbocycles. The van der Waals surface area contributed by atoms with E-state index in [1.54, 1.807) is 0 Å². The standard InChI is InChI=1S/C18H36N2O/c1-18(2,20-13-6-4-5-7-14-20)17(19-3)12-8-10-16-11-9-15-21-16/h16-17,19H,4-15H2,1-3H3. The largest absolute Gasteiger partial charge is 0.378 e. The van der Waals surface area contributed by atoms with Gasteiger partial charge in [0.05, 0.1) is 6.10 Å². The average Bonchev–Trinajstić information content (AvgIpc) is 2.82. The van der Waals surface area contributed by atoms with Crippen LogP contribution in [0.25, 0.3) is 0 Å². The predicted octanol–water partition coefficient (Wildman–Crippen LogP) is 3.58. The molecule has 0 radical (unpaired) electrons. The first kappa shape index (κ1) is 17.2. The van der Waals surface area contributed by atoms with Crippen molar-refractivity contribution in [3.8, 4) is 0 Å². The fraction of sp³-hybridized carbons (Fsp3) is 1.00. The lowest BCUT2D eigenvalue weighted by Gasteiger charge is -2.44. The number of nitrogens with zero attached hydrogens (tertiary/aromatic N) is 1. The maximum atomic E-state index is 5.76. The lowest BCUT2D eigenvalue weighted by molar-refractivity contribution is 0.0744. The van der Waals surface area contributed by atoms with Crippen LogP contribution in [0.2, 0.25) is 0 Å². The topological polar surface area (TPSA) is 24.5 Å². The van der Waals surface area contributed by atoms with Gasteiger partial charge in [0.1, 0.15) is 0 Å². The normalized spacial score (nSPS) is 26.7. The van der Waals surface area contributed by atoms with Gasteiger partial charge in [-0.2, -0.15) is 0 Å². The van der Waals surface area contributed by atoms with Crippen molar-refractivity contribution in [2.45, 2.75) is 89.3 Å². The van der Waals surface area contributed by atoms with Gasteiger partial charge in [0.2, 0.25) is 0 Å². The first-order valence-corrected chi connectivity index (χ1v) is 9.18. The van der Waals surface area contributed by atoms with Crippen molar-refractivity contribution in [1.29, 1.82) is 0 Å². The zero-order valence-corrected chi connectivity index (χ0v) is 14.5. The SMILES string of the molecule is CNC(CCCC1CCCO1)C(C)(C)N1CCCCCC1. The third kappa shape index (κ3) is 4.94. The van der Waals surface area contributed by atoms with E-state index in [0.29, 0.717) is 12.1 Å². The van der Waals surface area contributed by atoms with Crippen molar-refractivity contribution in [2.75, 3.05) is 26.7 Å². The Hall–Kier alpha value is -0.120. The van der Waals surface area contributed by atoms with E-state index in [0.717, 1.165) is 6.61 Å². The molecule has 2 saturated heterocycles. The molecule has 1 N–H and O–H groups in total. The van der Waals surface area contributed by atoms with Crippen molar-refractivity contribution < 1.29 is 4.74 Å². The molecule has 2 unspecified atom stereocenters. The first-order valence-electron chi connectivity index (χ1n) is 9.18. The van der Waals surface area contributed by atoms with Gasteiger partial charge in [-0.05, 0) is 78.9 Å². The van der Waals surface area contributed by atoms with Gasteiger partial charge in [0, 0.05) is 18.2 Å². The summed E-state index contributed by atoms with van der Waals surface area (Å²) in [4.78, 5) is 2.73. The molecule has 2 atom stereocenters. The van der Waals surface area contributed by atoms with Gasteiger partial charge in [0.15, 0.2) is 0 Å². The lowest BCUT2D eigenvalue weighted by atomic mass is 9.87. The molecule has 0 spiro atoms. The van der Waals surface area contributed by atoms with Gasteiger partial charge in [-0.15, -0.1) is 0 Å². The molecule has 0 aromatic heterocycles. The van der Waals surface area contributed by atoms with Gasteiger partial charge < -0.3 is 10.1 Å². The monoisotopic (exact) mass is 296 g/mol. The van der Waals surface area contributed by atoms with Crippen LogP contribution in [0.3, 0.4) is 0 Å². The highest BCUT2D eigenvalue weighted by Gasteiger charge is 2.34. The minimum atomic E-state index is 0.260. The summed E-state index contributed by atoms with van der Waals surface area (Å²) in [6, 6.07) is 0.581. The smallest absolute Gasteiger partial charge is 0.0576 e. The van der Waals surface area contributed by atoms with Crippen molar-refractivity contribution in [3.05, 3.63) is 0 Å². The Labute approximate surface area is 131 Å². The second-order valence-corrected chi connectivity index (χ2v) is 7.46. The molecule has 0 amide bonds. The summed E-state index contributed by atoms with van der Waals surface area (Å²) < 4.78 is 5.76. The molecule has 2 aliphatic heterocycles. The first-order chi connectivity index (χ1) is 10.1. The van der Waals surface area contributed by atoms with E-state index in [1.807, 2.05) is 0 Å². The Balaban J connectivity index is 1.81. The Morgan fingerprint density at radius 1 is 1.14 bits per heavy atom. The van der Waals surface area contributed by atoms with Crippen molar-refractivity contribution in [3.63, 3.8) is 0 Å². The van der Waals surface area contributed by atoms with Crippen LogP contribution < -0.4 is 5.32 Å². The fourth-order valence-corrected chi connectivity index (χ4v) is 4.14. The van der Waals surface area contributed by atoms with Crippen LogP contribution in [0.1, 0.15) is 71.6 Å². The van der Waals surface area contributed by atoms with Gasteiger partial charge in [0.25, 0.3) is 0 Å². The van der Waals surface area contributed by atoms with E-state index in [1.165, 1.54) is 70.9 Å². The van der Waals surface area contributed by atoms with Crippen molar-refractivity contribution >= 4 is 0 Å². The number of hydrogen-bond donors (Lipinski definition) is 1. The molecule has 3 nitrogen and oxygen atoms in total. The number of nitrogens with one attached hydrogen (secondary N) is 1. The summed E-state index contributed by atoms with van der Waals surface area (Å²) in [5, 5.41) is 3.60. The molecular formula is C18H36N2O. The van der Waals surface area contributed by atoms with Crippen molar-refractivity contribution in [1.82, 2.24) is 10.2 Å². The molecule has 2 rings (SSSR count). The summed E-state index contributed by atoms with van der Waals surface area (Å²) in [6.45, 7) is 8.41. The van der Waals surface area contributed by atoms with E-state index in [9.17, 15) is 0 Å². The summed E-state index contributed by atoms with van der Waals surface area (Å²) in [7, 11) is 2.14.